The van der Waals surface area contributed by atoms with Crippen molar-refractivity contribution in [2.24, 2.45) is 0 Å². The van der Waals surface area contributed by atoms with Crippen LogP contribution < -0.4 is 0 Å². The second kappa shape index (κ2) is 10.4. The molecule has 0 radical (unpaired) electrons. The second-order valence-electron chi connectivity index (χ2n) is 7.75. The Labute approximate surface area is 178 Å². The van der Waals surface area contributed by atoms with E-state index in [-0.39, 0.29) is 11.5 Å². The summed E-state index contributed by atoms with van der Waals surface area (Å²) in [4.78, 5) is 12.0. The van der Waals surface area contributed by atoms with E-state index < -0.39 is 55.5 Å². The van der Waals surface area contributed by atoms with Crippen LogP contribution in [-0.2, 0) is 19.0 Å². The highest BCUT2D eigenvalue weighted by molar-refractivity contribution is 5.87. The molecule has 1 heterocycles. The summed E-state index contributed by atoms with van der Waals surface area (Å²) in [5, 5.41) is 59.3. The first kappa shape index (κ1) is 23.5. The first-order chi connectivity index (χ1) is 14.8. The Kier molecular flexibility index (Phi) is 7.87. The topological polar surface area (TPSA) is 166 Å². The summed E-state index contributed by atoms with van der Waals surface area (Å²) in [6, 6.07) is 4.00. The Morgan fingerprint density at radius 1 is 1.03 bits per heavy atom. The number of aromatic hydroxyl groups is 2. The number of hydrogen-bond donors (Lipinski definition) is 6. The van der Waals surface area contributed by atoms with Crippen molar-refractivity contribution >= 4 is 12.0 Å². The molecule has 6 N–H and O–H groups in total. The monoisotopic (exact) mass is 440 g/mol. The smallest absolute Gasteiger partial charge is 0.330 e. The molecule has 2 aliphatic rings. The van der Waals surface area contributed by atoms with Crippen LogP contribution in [0, 0.1) is 0 Å². The van der Waals surface area contributed by atoms with Gasteiger partial charge in [-0.25, -0.2) is 4.79 Å². The first-order valence-corrected chi connectivity index (χ1v) is 10.2. The summed E-state index contributed by atoms with van der Waals surface area (Å²) in [6.07, 6.45) is -3.07. The van der Waals surface area contributed by atoms with Gasteiger partial charge in [0, 0.05) is 6.08 Å². The average Bonchev–Trinajstić information content (AvgIpc) is 2.75. The maximum Gasteiger partial charge on any atom is 0.330 e. The molecule has 1 saturated heterocycles. The van der Waals surface area contributed by atoms with Gasteiger partial charge in [0.25, 0.3) is 0 Å². The predicted molar refractivity (Wildman–Crippen MR) is 106 cm³/mol. The molecule has 0 spiro atoms. The number of hydrogen-bond acceptors (Lipinski definition) is 10. The quantitative estimate of drug-likeness (QED) is 0.198. The number of phenols is 2. The number of aliphatic hydroxyl groups is 4. The lowest BCUT2D eigenvalue weighted by molar-refractivity contribution is -0.319. The fraction of sp³-hybridized carbons (Fsp3) is 0.571. The van der Waals surface area contributed by atoms with E-state index in [9.17, 15) is 35.4 Å². The molecule has 1 aromatic carbocycles. The molecule has 10 nitrogen and oxygen atoms in total. The maximum absolute atomic E-state index is 12.0. The van der Waals surface area contributed by atoms with E-state index >= 15 is 0 Å². The van der Waals surface area contributed by atoms with Gasteiger partial charge in [0.1, 0.15) is 31.0 Å². The molecule has 10 heteroatoms. The number of esters is 1. The summed E-state index contributed by atoms with van der Waals surface area (Å²) >= 11 is 0. The van der Waals surface area contributed by atoms with E-state index in [0.29, 0.717) is 18.4 Å². The van der Waals surface area contributed by atoms with E-state index in [4.69, 9.17) is 14.2 Å². The summed E-state index contributed by atoms with van der Waals surface area (Å²) in [7, 11) is 0. The summed E-state index contributed by atoms with van der Waals surface area (Å²) in [6.45, 7) is -0.415. The predicted octanol–water partition coefficient (Wildman–Crippen LogP) is -0.218. The van der Waals surface area contributed by atoms with Crippen molar-refractivity contribution in [1.82, 2.24) is 0 Å². The van der Waals surface area contributed by atoms with Crippen molar-refractivity contribution in [3.05, 3.63) is 29.8 Å². The van der Waals surface area contributed by atoms with Crippen molar-refractivity contribution in [3.8, 4) is 11.5 Å². The van der Waals surface area contributed by atoms with E-state index in [2.05, 4.69) is 0 Å². The zero-order chi connectivity index (χ0) is 22.5. The van der Waals surface area contributed by atoms with Gasteiger partial charge >= 0.3 is 5.97 Å². The number of benzene rings is 1. The largest absolute Gasteiger partial charge is 0.504 e. The summed E-state index contributed by atoms with van der Waals surface area (Å²) in [5.41, 5.74) is 0.444. The Bertz CT molecular complexity index is 781. The average molecular weight is 440 g/mol. The fourth-order valence-corrected chi connectivity index (χ4v) is 3.60. The molecule has 0 unspecified atom stereocenters. The molecule has 0 aromatic heterocycles. The molecule has 0 amide bonds. The van der Waals surface area contributed by atoms with E-state index in [1.807, 2.05) is 0 Å². The van der Waals surface area contributed by atoms with Crippen molar-refractivity contribution in [3.63, 3.8) is 0 Å². The highest BCUT2D eigenvalue weighted by Gasteiger charge is 2.46. The SMILES string of the molecule is O=C(C=Cc1ccc(O)c(O)c1)OC[C@@H]1O[C@@H](O[C@@H]2CCCC[C@@H]2O)[C@H](O)[C@@H](O)[C@@H]1O. The van der Waals surface area contributed by atoms with E-state index in [0.717, 1.165) is 18.9 Å². The van der Waals surface area contributed by atoms with Gasteiger partial charge in [-0.2, -0.15) is 0 Å². The number of aliphatic hydroxyl groups excluding tert-OH is 4. The van der Waals surface area contributed by atoms with Crippen LogP contribution in [0.15, 0.2) is 24.3 Å². The Balaban J connectivity index is 1.55. The third-order valence-corrected chi connectivity index (χ3v) is 5.45. The van der Waals surface area contributed by atoms with Crippen molar-refractivity contribution in [2.75, 3.05) is 6.61 Å². The van der Waals surface area contributed by atoms with Crippen LogP contribution in [0.5, 0.6) is 11.5 Å². The molecule has 0 bridgehead atoms. The molecule has 2 fully saturated rings. The third-order valence-electron chi connectivity index (χ3n) is 5.45. The van der Waals surface area contributed by atoms with Crippen molar-refractivity contribution in [1.29, 1.82) is 0 Å². The standard InChI is InChI=1S/C21H28O10/c22-12-7-5-11(9-14(12)24)6-8-17(25)29-10-16-18(26)19(27)20(28)21(31-16)30-15-4-2-1-3-13(15)23/h5-9,13,15-16,18-24,26-28H,1-4,10H2/t13-,15+,16-,18+,19-,20+,21+/m0/s1. The lowest BCUT2D eigenvalue weighted by atomic mass is 9.94. The van der Waals surface area contributed by atoms with E-state index in [1.165, 1.54) is 24.3 Å². The molecule has 31 heavy (non-hydrogen) atoms. The fourth-order valence-electron chi connectivity index (χ4n) is 3.60. The number of phenolic OH excluding ortho intramolecular Hbond substituents is 2. The zero-order valence-corrected chi connectivity index (χ0v) is 16.8. The molecule has 1 aliphatic carbocycles. The van der Waals surface area contributed by atoms with Crippen LogP contribution in [-0.4, -0.2) is 86.1 Å². The molecule has 1 saturated carbocycles. The van der Waals surface area contributed by atoms with Gasteiger partial charge in [0.05, 0.1) is 12.2 Å². The van der Waals surface area contributed by atoms with Gasteiger partial charge in [0.2, 0.25) is 0 Å². The Morgan fingerprint density at radius 2 is 1.77 bits per heavy atom. The van der Waals surface area contributed by atoms with Gasteiger partial charge in [-0.15, -0.1) is 0 Å². The minimum absolute atomic E-state index is 0.290. The summed E-state index contributed by atoms with van der Waals surface area (Å²) in [5.74, 6) is -1.40. The Morgan fingerprint density at radius 3 is 2.48 bits per heavy atom. The molecule has 172 valence electrons. The van der Waals surface area contributed by atoms with Gasteiger partial charge in [-0.3, -0.25) is 0 Å². The van der Waals surface area contributed by atoms with Gasteiger partial charge in [-0.1, -0.05) is 18.9 Å². The lowest BCUT2D eigenvalue weighted by Gasteiger charge is -2.42. The minimum atomic E-state index is -1.58. The first-order valence-electron chi connectivity index (χ1n) is 10.2. The van der Waals surface area contributed by atoms with Crippen LogP contribution in [0.2, 0.25) is 0 Å². The molecule has 1 aromatic rings. The van der Waals surface area contributed by atoms with Gasteiger partial charge in [0.15, 0.2) is 17.8 Å². The van der Waals surface area contributed by atoms with Crippen LogP contribution in [0.3, 0.4) is 0 Å². The van der Waals surface area contributed by atoms with Crippen LogP contribution in [0.4, 0.5) is 0 Å². The van der Waals surface area contributed by atoms with Crippen LogP contribution in [0.1, 0.15) is 31.2 Å². The number of carbonyl (C=O) groups excluding carboxylic acids is 1. The number of ether oxygens (including phenoxy) is 3. The lowest BCUT2D eigenvalue weighted by Crippen LogP contribution is -2.60. The molecular formula is C21H28O10. The van der Waals surface area contributed by atoms with Crippen LogP contribution >= 0.6 is 0 Å². The highest BCUT2D eigenvalue weighted by Crippen LogP contribution is 2.28. The molecule has 3 rings (SSSR count). The highest BCUT2D eigenvalue weighted by atomic mass is 16.7. The normalized spacial score (nSPS) is 34.0. The number of rotatable bonds is 6. The van der Waals surface area contributed by atoms with Crippen molar-refractivity contribution < 1.29 is 49.6 Å². The van der Waals surface area contributed by atoms with E-state index in [1.54, 1.807) is 0 Å². The van der Waals surface area contributed by atoms with Crippen molar-refractivity contribution in [2.45, 2.75) is 68.6 Å². The Hall–Kier alpha value is -2.21. The van der Waals surface area contributed by atoms with Crippen LogP contribution in [0.25, 0.3) is 6.08 Å². The number of carbonyl (C=O) groups is 1. The molecular weight excluding hydrogens is 412 g/mol. The molecule has 7 atom stereocenters. The summed E-state index contributed by atoms with van der Waals surface area (Å²) < 4.78 is 16.2. The van der Waals surface area contributed by atoms with Gasteiger partial charge in [-0.05, 0) is 36.6 Å². The third kappa shape index (κ3) is 5.94. The maximum atomic E-state index is 12.0. The molecule has 1 aliphatic heterocycles. The minimum Gasteiger partial charge on any atom is -0.504 e. The zero-order valence-electron chi connectivity index (χ0n) is 16.8. The second-order valence-corrected chi connectivity index (χ2v) is 7.75. The van der Waals surface area contributed by atoms with Gasteiger partial charge < -0.3 is 44.8 Å².